The molecule has 2 saturated carbocycles. The van der Waals surface area contributed by atoms with Crippen LogP contribution in [0.5, 0.6) is 0 Å². The number of hydrogen-bond acceptors (Lipinski definition) is 4. The van der Waals surface area contributed by atoms with Crippen LogP contribution in [0.1, 0.15) is 30.8 Å². The summed E-state index contributed by atoms with van der Waals surface area (Å²) >= 11 is 0. The van der Waals surface area contributed by atoms with Gasteiger partial charge in [-0.3, -0.25) is 4.79 Å². The molecule has 0 aliphatic heterocycles. The van der Waals surface area contributed by atoms with Crippen molar-refractivity contribution in [1.82, 2.24) is 15.3 Å². The minimum atomic E-state index is 0.00156. The number of nitrogens with zero attached hydrogens (tertiary/aromatic N) is 2. The van der Waals surface area contributed by atoms with Crippen molar-refractivity contribution in [1.29, 1.82) is 0 Å². The van der Waals surface area contributed by atoms with E-state index in [1.54, 1.807) is 6.20 Å². The van der Waals surface area contributed by atoms with Crippen molar-refractivity contribution in [2.24, 2.45) is 23.5 Å². The van der Waals surface area contributed by atoms with E-state index in [-0.39, 0.29) is 17.9 Å². The fraction of sp³-hybridized carbons (Fsp3) is 0.643. The lowest BCUT2D eigenvalue weighted by Gasteiger charge is -2.26. The zero-order valence-electron chi connectivity index (χ0n) is 11.2. The van der Waals surface area contributed by atoms with Gasteiger partial charge in [0, 0.05) is 12.2 Å². The molecule has 5 heteroatoms. The Morgan fingerprint density at radius 2 is 2.26 bits per heavy atom. The molecular weight excluding hydrogens is 240 g/mol. The molecular formula is C14H20N4O. The Morgan fingerprint density at radius 3 is 2.95 bits per heavy atom. The van der Waals surface area contributed by atoms with E-state index in [1.165, 1.54) is 6.42 Å². The number of rotatable bonds is 3. The first kappa shape index (κ1) is 12.5. The van der Waals surface area contributed by atoms with Crippen LogP contribution in [-0.2, 0) is 11.3 Å². The van der Waals surface area contributed by atoms with E-state index in [4.69, 9.17) is 5.73 Å². The monoisotopic (exact) mass is 260 g/mol. The third-order valence-electron chi connectivity index (χ3n) is 4.56. The quantitative estimate of drug-likeness (QED) is 0.841. The van der Waals surface area contributed by atoms with E-state index in [9.17, 15) is 4.79 Å². The first-order valence-electron chi connectivity index (χ1n) is 6.97. The van der Waals surface area contributed by atoms with E-state index in [1.807, 2.05) is 13.0 Å². The fourth-order valence-electron chi connectivity index (χ4n) is 3.62. The Balaban J connectivity index is 1.60. The molecule has 3 N–H and O–H groups in total. The molecule has 19 heavy (non-hydrogen) atoms. The molecule has 1 heterocycles. The van der Waals surface area contributed by atoms with Crippen LogP contribution in [0.15, 0.2) is 12.3 Å². The van der Waals surface area contributed by atoms with Crippen molar-refractivity contribution in [3.05, 3.63) is 23.8 Å². The first-order valence-corrected chi connectivity index (χ1v) is 6.97. The summed E-state index contributed by atoms with van der Waals surface area (Å²) in [7, 11) is 0. The predicted octanol–water partition coefficient (Wildman–Crippen LogP) is 0.775. The maximum atomic E-state index is 12.3. The summed E-state index contributed by atoms with van der Waals surface area (Å²) in [6, 6.07) is 1.87. The molecule has 2 fully saturated rings. The van der Waals surface area contributed by atoms with Gasteiger partial charge < -0.3 is 11.1 Å². The van der Waals surface area contributed by atoms with Crippen molar-refractivity contribution in [3.8, 4) is 0 Å². The van der Waals surface area contributed by atoms with Gasteiger partial charge in [-0.25, -0.2) is 9.97 Å². The lowest BCUT2D eigenvalue weighted by molar-refractivity contribution is -0.127. The van der Waals surface area contributed by atoms with Crippen molar-refractivity contribution >= 4 is 5.91 Å². The van der Waals surface area contributed by atoms with Crippen LogP contribution in [0.2, 0.25) is 0 Å². The summed E-state index contributed by atoms with van der Waals surface area (Å²) in [5.74, 6) is 1.87. The minimum Gasteiger partial charge on any atom is -0.350 e. The Bertz CT molecular complexity index is 488. The summed E-state index contributed by atoms with van der Waals surface area (Å²) in [6.45, 7) is 2.31. The Labute approximate surface area is 113 Å². The third-order valence-corrected chi connectivity index (χ3v) is 4.56. The van der Waals surface area contributed by atoms with Crippen molar-refractivity contribution < 1.29 is 4.79 Å². The second-order valence-electron chi connectivity index (χ2n) is 5.75. The van der Waals surface area contributed by atoms with E-state index < -0.39 is 0 Å². The van der Waals surface area contributed by atoms with Gasteiger partial charge in [0.15, 0.2) is 0 Å². The predicted molar refractivity (Wildman–Crippen MR) is 70.9 cm³/mol. The average Bonchev–Trinajstić information content (AvgIpc) is 2.97. The molecule has 0 radical (unpaired) electrons. The third kappa shape index (κ3) is 2.34. The number of carbonyl (C=O) groups excluding carboxylic acids is 1. The zero-order valence-corrected chi connectivity index (χ0v) is 11.2. The van der Waals surface area contributed by atoms with Gasteiger partial charge >= 0.3 is 0 Å². The largest absolute Gasteiger partial charge is 0.350 e. The topological polar surface area (TPSA) is 80.9 Å². The number of carbonyl (C=O) groups is 1. The molecule has 2 bridgehead atoms. The van der Waals surface area contributed by atoms with Gasteiger partial charge in [-0.15, -0.1) is 0 Å². The molecule has 4 unspecified atom stereocenters. The maximum Gasteiger partial charge on any atom is 0.225 e. The van der Waals surface area contributed by atoms with Crippen LogP contribution < -0.4 is 11.1 Å². The summed E-state index contributed by atoms with van der Waals surface area (Å²) in [5, 5.41) is 2.97. The summed E-state index contributed by atoms with van der Waals surface area (Å²) < 4.78 is 0. The maximum absolute atomic E-state index is 12.3. The van der Waals surface area contributed by atoms with Crippen molar-refractivity contribution in [3.63, 3.8) is 0 Å². The van der Waals surface area contributed by atoms with E-state index in [0.717, 1.165) is 24.4 Å². The molecule has 5 nitrogen and oxygen atoms in total. The van der Waals surface area contributed by atoms with Gasteiger partial charge in [-0.05, 0) is 44.1 Å². The van der Waals surface area contributed by atoms with Crippen LogP contribution in [0, 0.1) is 24.7 Å². The number of fused-ring (bicyclic) bond motifs is 2. The fourth-order valence-corrected chi connectivity index (χ4v) is 3.62. The van der Waals surface area contributed by atoms with E-state index in [0.29, 0.717) is 18.4 Å². The Hall–Kier alpha value is -1.49. The summed E-state index contributed by atoms with van der Waals surface area (Å²) in [5.41, 5.74) is 7.02. The number of hydrogen-bond donors (Lipinski definition) is 2. The lowest BCUT2D eigenvalue weighted by Crippen LogP contribution is -2.45. The molecule has 3 rings (SSSR count). The minimum absolute atomic E-state index is 0.00156. The van der Waals surface area contributed by atoms with Crippen molar-refractivity contribution in [2.75, 3.05) is 0 Å². The normalized spacial score (nSPS) is 32.5. The first-order chi connectivity index (χ1) is 9.15. The van der Waals surface area contributed by atoms with Crippen LogP contribution in [0.4, 0.5) is 0 Å². The molecule has 1 amide bonds. The van der Waals surface area contributed by atoms with Gasteiger partial charge in [-0.1, -0.05) is 0 Å². The van der Waals surface area contributed by atoms with Gasteiger partial charge in [0.05, 0.1) is 18.2 Å². The Morgan fingerprint density at radius 1 is 1.47 bits per heavy atom. The highest BCUT2D eigenvalue weighted by atomic mass is 16.1. The van der Waals surface area contributed by atoms with Gasteiger partial charge in [0.25, 0.3) is 0 Å². The summed E-state index contributed by atoms with van der Waals surface area (Å²) in [6.07, 6.45) is 5.20. The van der Waals surface area contributed by atoms with E-state index in [2.05, 4.69) is 15.3 Å². The molecule has 0 aromatic carbocycles. The number of amides is 1. The molecule has 0 spiro atoms. The molecule has 4 atom stereocenters. The second-order valence-corrected chi connectivity index (χ2v) is 5.75. The lowest BCUT2D eigenvalue weighted by atomic mass is 9.84. The average molecular weight is 260 g/mol. The molecule has 2 aliphatic rings. The SMILES string of the molecule is Cc1nccc(CNC(=O)C2C3CCC(C3)C2N)n1. The summed E-state index contributed by atoms with van der Waals surface area (Å²) in [4.78, 5) is 20.6. The smallest absolute Gasteiger partial charge is 0.225 e. The van der Waals surface area contributed by atoms with Gasteiger partial charge in [0.2, 0.25) is 5.91 Å². The number of nitrogens with two attached hydrogens (primary N) is 1. The second kappa shape index (κ2) is 4.89. The molecule has 1 aromatic rings. The molecule has 102 valence electrons. The highest BCUT2D eigenvalue weighted by molar-refractivity contribution is 5.80. The van der Waals surface area contributed by atoms with Gasteiger partial charge in [-0.2, -0.15) is 0 Å². The van der Waals surface area contributed by atoms with E-state index >= 15 is 0 Å². The number of nitrogens with one attached hydrogen (secondary N) is 1. The van der Waals surface area contributed by atoms with Gasteiger partial charge in [0.1, 0.15) is 5.82 Å². The Kier molecular flexibility index (Phi) is 3.22. The highest BCUT2D eigenvalue weighted by Gasteiger charge is 2.48. The zero-order chi connectivity index (χ0) is 13.4. The molecule has 1 aromatic heterocycles. The highest BCUT2D eigenvalue weighted by Crippen LogP contribution is 2.47. The van der Waals surface area contributed by atoms with Crippen LogP contribution in [-0.4, -0.2) is 21.9 Å². The molecule has 0 saturated heterocycles. The van der Waals surface area contributed by atoms with Crippen LogP contribution >= 0.6 is 0 Å². The van der Waals surface area contributed by atoms with Crippen LogP contribution in [0.3, 0.4) is 0 Å². The molecule has 2 aliphatic carbocycles. The van der Waals surface area contributed by atoms with Crippen molar-refractivity contribution in [2.45, 2.75) is 38.8 Å². The standard InChI is InChI=1S/C14H20N4O/c1-8-16-5-4-11(18-8)7-17-14(19)12-9-2-3-10(6-9)13(12)15/h4-5,9-10,12-13H,2-3,6-7,15H2,1H3,(H,17,19). The number of aromatic nitrogens is 2. The van der Waals surface area contributed by atoms with Crippen LogP contribution in [0.25, 0.3) is 0 Å². The number of aryl methyl sites for hydroxylation is 1.